The van der Waals surface area contributed by atoms with Crippen molar-refractivity contribution in [1.82, 2.24) is 9.29 Å². The number of hydrogen-bond donors (Lipinski definition) is 0. The van der Waals surface area contributed by atoms with Crippen LogP contribution in [0.1, 0.15) is 6.42 Å². The molecule has 0 amide bonds. The predicted molar refractivity (Wildman–Crippen MR) is 73.7 cm³/mol. The molecule has 7 heteroatoms. The van der Waals surface area contributed by atoms with Gasteiger partial charge < -0.3 is 4.90 Å². The smallest absolute Gasteiger partial charge is 0.244 e. The van der Waals surface area contributed by atoms with Crippen molar-refractivity contribution in [3.8, 4) is 0 Å². The number of rotatable bonds is 6. The molecule has 1 aromatic heterocycles. The zero-order valence-corrected chi connectivity index (χ0v) is 12.4. The highest BCUT2D eigenvalue weighted by molar-refractivity contribution is 7.89. The number of alkyl halides is 1. The Morgan fingerprint density at radius 3 is 2.39 bits per heavy atom. The summed E-state index contributed by atoms with van der Waals surface area (Å²) >= 11 is 5.62. The Bertz CT molecular complexity index is 474. The molecule has 0 bridgehead atoms. The minimum atomic E-state index is -3.41. The zero-order valence-electron chi connectivity index (χ0n) is 10.8. The lowest BCUT2D eigenvalue weighted by Gasteiger charge is -2.18. The molecule has 0 fully saturated rings. The van der Waals surface area contributed by atoms with Crippen LogP contribution >= 0.6 is 11.6 Å². The van der Waals surface area contributed by atoms with E-state index in [4.69, 9.17) is 11.6 Å². The summed E-state index contributed by atoms with van der Waals surface area (Å²) in [6.07, 6.45) is 2.24. The Morgan fingerprint density at radius 2 is 1.94 bits per heavy atom. The van der Waals surface area contributed by atoms with E-state index in [-0.39, 0.29) is 4.90 Å². The lowest BCUT2D eigenvalue weighted by molar-refractivity contribution is 0.520. The Hall–Kier alpha value is -0.850. The number of nitrogens with zero attached hydrogens (tertiary/aromatic N) is 3. The Balaban J connectivity index is 2.87. The monoisotopic (exact) mass is 291 g/mol. The quantitative estimate of drug-likeness (QED) is 0.744. The topological polar surface area (TPSA) is 53.5 Å². The van der Waals surface area contributed by atoms with E-state index >= 15 is 0 Å². The largest absolute Gasteiger partial charge is 0.360 e. The average Bonchev–Trinajstić information content (AvgIpc) is 2.35. The van der Waals surface area contributed by atoms with Crippen LogP contribution in [0.5, 0.6) is 0 Å². The van der Waals surface area contributed by atoms with E-state index in [1.807, 2.05) is 11.9 Å². The van der Waals surface area contributed by atoms with Gasteiger partial charge in [0.25, 0.3) is 0 Å². The molecule has 0 N–H and O–H groups in total. The van der Waals surface area contributed by atoms with Crippen molar-refractivity contribution >= 4 is 27.4 Å². The Kier molecular flexibility index (Phi) is 5.37. The highest BCUT2D eigenvalue weighted by atomic mass is 35.5. The van der Waals surface area contributed by atoms with Crippen LogP contribution in [0.3, 0.4) is 0 Å². The summed E-state index contributed by atoms with van der Waals surface area (Å²) in [5.41, 5.74) is 0. The minimum absolute atomic E-state index is 0.196. The van der Waals surface area contributed by atoms with E-state index in [1.54, 1.807) is 12.1 Å². The van der Waals surface area contributed by atoms with Gasteiger partial charge in [-0.3, -0.25) is 0 Å². The summed E-state index contributed by atoms with van der Waals surface area (Å²) in [4.78, 5) is 6.29. The van der Waals surface area contributed by atoms with Crippen LogP contribution in [0.2, 0.25) is 0 Å². The van der Waals surface area contributed by atoms with E-state index in [0.717, 1.165) is 18.8 Å². The van der Waals surface area contributed by atoms with Gasteiger partial charge in [0.15, 0.2) is 0 Å². The molecule has 0 unspecified atom stereocenters. The molecule has 5 nitrogen and oxygen atoms in total. The van der Waals surface area contributed by atoms with Crippen molar-refractivity contribution in [2.45, 2.75) is 11.3 Å². The number of pyridine rings is 1. The number of halogens is 1. The number of hydrogen-bond acceptors (Lipinski definition) is 4. The lowest BCUT2D eigenvalue weighted by atomic mass is 10.4. The summed E-state index contributed by atoms with van der Waals surface area (Å²) < 4.78 is 24.8. The molecule has 0 radical (unpaired) electrons. The number of anilines is 1. The Labute approximate surface area is 113 Å². The standard InChI is InChI=1S/C11H18ClN3O2S/c1-14(2)18(16,17)10-5-6-11(13-9-10)15(3)8-4-7-12/h5-6,9H,4,7-8H2,1-3H3. The van der Waals surface area contributed by atoms with E-state index in [2.05, 4.69) is 4.98 Å². The first-order valence-corrected chi connectivity index (χ1v) is 7.52. The van der Waals surface area contributed by atoms with Crippen LogP contribution in [0.4, 0.5) is 5.82 Å². The van der Waals surface area contributed by atoms with Crippen LogP contribution in [0, 0.1) is 0 Å². The van der Waals surface area contributed by atoms with Crippen LogP contribution in [-0.2, 0) is 10.0 Å². The fraction of sp³-hybridized carbons (Fsp3) is 0.545. The summed E-state index contributed by atoms with van der Waals surface area (Å²) in [5.74, 6) is 1.33. The molecule has 0 saturated carbocycles. The van der Waals surface area contributed by atoms with Crippen molar-refractivity contribution in [1.29, 1.82) is 0 Å². The normalized spacial score (nSPS) is 11.8. The predicted octanol–water partition coefficient (Wildman–Crippen LogP) is 1.40. The molecular weight excluding hydrogens is 274 g/mol. The fourth-order valence-corrected chi connectivity index (χ4v) is 2.34. The third-order valence-corrected chi connectivity index (χ3v) is 4.58. The first-order chi connectivity index (χ1) is 8.39. The third-order valence-electron chi connectivity index (χ3n) is 2.52. The van der Waals surface area contributed by atoms with Gasteiger partial charge in [0, 0.05) is 39.8 Å². The average molecular weight is 292 g/mol. The van der Waals surface area contributed by atoms with Crippen molar-refractivity contribution in [2.24, 2.45) is 0 Å². The molecular formula is C11H18ClN3O2S. The second-order valence-corrected chi connectivity index (χ2v) is 6.63. The second-order valence-electron chi connectivity index (χ2n) is 4.10. The highest BCUT2D eigenvalue weighted by Gasteiger charge is 2.17. The molecule has 18 heavy (non-hydrogen) atoms. The minimum Gasteiger partial charge on any atom is -0.360 e. The molecule has 1 aromatic rings. The summed E-state index contributed by atoms with van der Waals surface area (Å²) in [6.45, 7) is 0.788. The van der Waals surface area contributed by atoms with Crippen molar-refractivity contribution in [2.75, 3.05) is 38.5 Å². The van der Waals surface area contributed by atoms with Gasteiger partial charge in [0.2, 0.25) is 10.0 Å². The van der Waals surface area contributed by atoms with Gasteiger partial charge in [0.1, 0.15) is 10.7 Å². The van der Waals surface area contributed by atoms with Gasteiger partial charge in [-0.2, -0.15) is 0 Å². The van der Waals surface area contributed by atoms with Gasteiger partial charge in [0.05, 0.1) is 0 Å². The second kappa shape index (κ2) is 6.36. The maximum atomic E-state index is 11.8. The van der Waals surface area contributed by atoms with Gasteiger partial charge in [-0.1, -0.05) is 0 Å². The maximum Gasteiger partial charge on any atom is 0.244 e. The molecule has 102 valence electrons. The van der Waals surface area contributed by atoms with Crippen LogP contribution < -0.4 is 4.90 Å². The van der Waals surface area contributed by atoms with Crippen LogP contribution in [0.25, 0.3) is 0 Å². The van der Waals surface area contributed by atoms with Crippen LogP contribution in [-0.4, -0.2) is 51.3 Å². The number of aromatic nitrogens is 1. The van der Waals surface area contributed by atoms with Crippen molar-refractivity contribution in [3.05, 3.63) is 18.3 Å². The van der Waals surface area contributed by atoms with E-state index in [1.165, 1.54) is 24.6 Å². The van der Waals surface area contributed by atoms with E-state index in [0.29, 0.717) is 5.88 Å². The Morgan fingerprint density at radius 1 is 1.28 bits per heavy atom. The summed E-state index contributed by atoms with van der Waals surface area (Å²) in [5, 5.41) is 0. The first kappa shape index (κ1) is 15.2. The third kappa shape index (κ3) is 3.57. The van der Waals surface area contributed by atoms with Gasteiger partial charge >= 0.3 is 0 Å². The number of sulfonamides is 1. The maximum absolute atomic E-state index is 11.8. The molecule has 0 atom stereocenters. The first-order valence-electron chi connectivity index (χ1n) is 5.55. The van der Waals surface area contributed by atoms with E-state index in [9.17, 15) is 8.42 Å². The van der Waals surface area contributed by atoms with Crippen molar-refractivity contribution in [3.63, 3.8) is 0 Å². The van der Waals surface area contributed by atoms with Crippen LogP contribution in [0.15, 0.2) is 23.2 Å². The van der Waals surface area contributed by atoms with Crippen molar-refractivity contribution < 1.29 is 8.42 Å². The fourth-order valence-electron chi connectivity index (χ4n) is 1.37. The molecule has 0 aliphatic rings. The molecule has 1 rings (SSSR count). The lowest BCUT2D eigenvalue weighted by Crippen LogP contribution is -2.23. The van der Waals surface area contributed by atoms with Gasteiger partial charge in [-0.15, -0.1) is 11.6 Å². The molecule has 0 spiro atoms. The summed E-state index contributed by atoms with van der Waals surface area (Å²) in [7, 11) is 1.48. The molecule has 0 aromatic carbocycles. The van der Waals surface area contributed by atoms with Gasteiger partial charge in [-0.25, -0.2) is 17.7 Å². The summed E-state index contributed by atoms with van der Waals surface area (Å²) in [6, 6.07) is 3.26. The molecule has 0 aliphatic carbocycles. The zero-order chi connectivity index (χ0) is 13.8. The SMILES string of the molecule is CN(CCCCl)c1ccc(S(=O)(=O)N(C)C)cn1. The van der Waals surface area contributed by atoms with E-state index < -0.39 is 10.0 Å². The molecule has 0 aliphatic heterocycles. The molecule has 0 saturated heterocycles. The highest BCUT2D eigenvalue weighted by Crippen LogP contribution is 2.15. The molecule has 1 heterocycles. The van der Waals surface area contributed by atoms with Gasteiger partial charge in [-0.05, 0) is 18.6 Å².